The SMILES string of the molecule is CN1CCN(C(=O)c2cc(Br)c(Br)s2)C(c2ccccc2)C1. The van der Waals surface area contributed by atoms with E-state index in [1.54, 1.807) is 0 Å². The van der Waals surface area contributed by atoms with Crippen LogP contribution in [0.15, 0.2) is 44.7 Å². The third-order valence-corrected chi connectivity index (χ3v) is 7.13. The number of carbonyl (C=O) groups excluding carboxylic acids is 1. The summed E-state index contributed by atoms with van der Waals surface area (Å²) < 4.78 is 1.90. The second kappa shape index (κ2) is 6.83. The Kier molecular flexibility index (Phi) is 5.02. The fourth-order valence-corrected chi connectivity index (χ4v) is 4.71. The summed E-state index contributed by atoms with van der Waals surface area (Å²) in [6.07, 6.45) is 0. The number of carbonyl (C=O) groups is 1. The average Bonchev–Trinajstić information content (AvgIpc) is 2.87. The van der Waals surface area contributed by atoms with Crippen LogP contribution in [-0.2, 0) is 0 Å². The van der Waals surface area contributed by atoms with Gasteiger partial charge in [-0.05, 0) is 50.5 Å². The van der Waals surface area contributed by atoms with Crippen LogP contribution in [0.5, 0.6) is 0 Å². The fraction of sp³-hybridized carbons (Fsp3) is 0.312. The summed E-state index contributed by atoms with van der Waals surface area (Å²) in [4.78, 5) is 18.0. The molecule has 2 aromatic rings. The van der Waals surface area contributed by atoms with Gasteiger partial charge in [0.1, 0.15) is 0 Å². The van der Waals surface area contributed by atoms with Crippen LogP contribution in [0.1, 0.15) is 21.3 Å². The highest BCUT2D eigenvalue weighted by molar-refractivity contribution is 9.13. The second-order valence-corrected chi connectivity index (χ2v) is 8.64. The second-order valence-electron chi connectivity index (χ2n) is 5.42. The molecule has 1 aliphatic heterocycles. The Morgan fingerprint density at radius 3 is 2.59 bits per heavy atom. The van der Waals surface area contributed by atoms with E-state index >= 15 is 0 Å². The molecule has 0 bridgehead atoms. The maximum atomic E-state index is 12.9. The van der Waals surface area contributed by atoms with Crippen molar-refractivity contribution in [3.8, 4) is 0 Å². The summed E-state index contributed by atoms with van der Waals surface area (Å²) in [7, 11) is 2.11. The van der Waals surface area contributed by atoms with Gasteiger partial charge in [-0.25, -0.2) is 0 Å². The minimum absolute atomic E-state index is 0.104. The first kappa shape index (κ1) is 16.2. The van der Waals surface area contributed by atoms with Gasteiger partial charge in [-0.15, -0.1) is 11.3 Å². The zero-order valence-corrected chi connectivity index (χ0v) is 16.1. The number of amides is 1. The van der Waals surface area contributed by atoms with E-state index in [4.69, 9.17) is 0 Å². The van der Waals surface area contributed by atoms with Crippen LogP contribution in [-0.4, -0.2) is 42.4 Å². The molecule has 2 heterocycles. The number of hydrogen-bond donors (Lipinski definition) is 0. The first-order valence-corrected chi connectivity index (χ1v) is 9.46. The predicted octanol–water partition coefficient (Wildman–Crippen LogP) is 4.40. The van der Waals surface area contributed by atoms with Gasteiger partial charge in [-0.2, -0.15) is 0 Å². The van der Waals surface area contributed by atoms with E-state index in [2.05, 4.69) is 55.9 Å². The summed E-state index contributed by atoms with van der Waals surface area (Å²) in [5.74, 6) is 0.110. The van der Waals surface area contributed by atoms with E-state index in [1.807, 2.05) is 29.2 Å². The van der Waals surface area contributed by atoms with Gasteiger partial charge in [0, 0.05) is 24.1 Å². The van der Waals surface area contributed by atoms with Crippen molar-refractivity contribution >= 4 is 49.1 Å². The Bertz CT molecular complexity index is 655. The molecule has 1 saturated heterocycles. The topological polar surface area (TPSA) is 23.6 Å². The average molecular weight is 444 g/mol. The lowest BCUT2D eigenvalue weighted by molar-refractivity contribution is 0.0503. The molecule has 1 aromatic heterocycles. The van der Waals surface area contributed by atoms with Crippen molar-refractivity contribution in [3.63, 3.8) is 0 Å². The standard InChI is InChI=1S/C16H16Br2N2OS/c1-19-7-8-20(13(10-19)11-5-3-2-4-6-11)16(21)14-9-12(17)15(18)22-14/h2-6,9,13H,7-8,10H2,1H3. The van der Waals surface area contributed by atoms with Crippen LogP contribution in [0.4, 0.5) is 0 Å². The third-order valence-electron chi connectivity index (χ3n) is 3.88. The molecular weight excluding hydrogens is 428 g/mol. The van der Waals surface area contributed by atoms with Crippen LogP contribution in [0.2, 0.25) is 0 Å². The number of benzene rings is 1. The molecule has 1 aliphatic rings. The number of rotatable bonds is 2. The van der Waals surface area contributed by atoms with E-state index in [0.29, 0.717) is 0 Å². The number of likely N-dealkylation sites (N-methyl/N-ethyl adjacent to an activating group) is 1. The van der Waals surface area contributed by atoms with Crippen molar-refractivity contribution in [1.29, 1.82) is 0 Å². The van der Waals surface area contributed by atoms with E-state index in [1.165, 1.54) is 16.9 Å². The van der Waals surface area contributed by atoms with Gasteiger partial charge >= 0.3 is 0 Å². The molecular formula is C16H16Br2N2OS. The number of thiophene rings is 1. The summed E-state index contributed by atoms with van der Waals surface area (Å²) in [6, 6.07) is 12.3. The van der Waals surface area contributed by atoms with Crippen molar-refractivity contribution in [3.05, 3.63) is 55.1 Å². The minimum Gasteiger partial charge on any atom is -0.328 e. The Morgan fingerprint density at radius 2 is 1.95 bits per heavy atom. The molecule has 0 aliphatic carbocycles. The molecule has 1 amide bonds. The summed E-state index contributed by atoms with van der Waals surface area (Å²) in [5, 5.41) is 0. The van der Waals surface area contributed by atoms with Crippen LogP contribution >= 0.6 is 43.2 Å². The minimum atomic E-state index is 0.104. The van der Waals surface area contributed by atoms with Crippen molar-refractivity contribution < 1.29 is 4.79 Å². The van der Waals surface area contributed by atoms with Gasteiger partial charge in [0.15, 0.2) is 0 Å². The highest BCUT2D eigenvalue weighted by Gasteiger charge is 2.31. The maximum absolute atomic E-state index is 12.9. The van der Waals surface area contributed by atoms with Crippen LogP contribution in [0, 0.1) is 0 Å². The summed E-state index contributed by atoms with van der Waals surface area (Å²) >= 11 is 8.41. The number of hydrogen-bond acceptors (Lipinski definition) is 3. The molecule has 3 rings (SSSR count). The van der Waals surface area contributed by atoms with Crippen molar-refractivity contribution in [2.24, 2.45) is 0 Å². The normalized spacial score (nSPS) is 19.4. The predicted molar refractivity (Wildman–Crippen MR) is 97.4 cm³/mol. The third kappa shape index (κ3) is 3.30. The van der Waals surface area contributed by atoms with Gasteiger partial charge in [0.2, 0.25) is 0 Å². The molecule has 0 saturated carbocycles. The molecule has 1 unspecified atom stereocenters. The van der Waals surface area contributed by atoms with Gasteiger partial charge < -0.3 is 9.80 Å². The molecule has 3 nitrogen and oxygen atoms in total. The largest absolute Gasteiger partial charge is 0.328 e. The van der Waals surface area contributed by atoms with E-state index in [-0.39, 0.29) is 11.9 Å². The van der Waals surface area contributed by atoms with Crippen molar-refractivity contribution in [2.45, 2.75) is 6.04 Å². The quantitative estimate of drug-likeness (QED) is 0.686. The van der Waals surface area contributed by atoms with Gasteiger partial charge in [-0.1, -0.05) is 30.3 Å². The molecule has 6 heteroatoms. The van der Waals surface area contributed by atoms with E-state index < -0.39 is 0 Å². The van der Waals surface area contributed by atoms with E-state index in [9.17, 15) is 4.79 Å². The number of halogens is 2. The molecule has 0 radical (unpaired) electrons. The zero-order chi connectivity index (χ0) is 15.7. The monoisotopic (exact) mass is 442 g/mol. The highest BCUT2D eigenvalue weighted by Crippen LogP contribution is 2.35. The molecule has 116 valence electrons. The summed E-state index contributed by atoms with van der Waals surface area (Å²) in [6.45, 7) is 2.52. The van der Waals surface area contributed by atoms with Gasteiger partial charge in [-0.3, -0.25) is 4.79 Å². The van der Waals surface area contributed by atoms with Crippen LogP contribution in [0.3, 0.4) is 0 Å². The van der Waals surface area contributed by atoms with Crippen molar-refractivity contribution in [2.75, 3.05) is 26.7 Å². The Labute approximate surface area is 151 Å². The maximum Gasteiger partial charge on any atom is 0.264 e. The van der Waals surface area contributed by atoms with Crippen LogP contribution < -0.4 is 0 Å². The fourth-order valence-electron chi connectivity index (χ4n) is 2.72. The Balaban J connectivity index is 1.91. The first-order chi connectivity index (χ1) is 10.6. The number of piperazine rings is 1. The van der Waals surface area contributed by atoms with Gasteiger partial charge in [0.05, 0.1) is 14.7 Å². The molecule has 22 heavy (non-hydrogen) atoms. The molecule has 1 atom stereocenters. The van der Waals surface area contributed by atoms with Crippen LogP contribution in [0.25, 0.3) is 0 Å². The van der Waals surface area contributed by atoms with E-state index in [0.717, 1.165) is 32.8 Å². The first-order valence-electron chi connectivity index (χ1n) is 7.05. The Morgan fingerprint density at radius 1 is 1.23 bits per heavy atom. The highest BCUT2D eigenvalue weighted by atomic mass is 79.9. The van der Waals surface area contributed by atoms with Gasteiger partial charge in [0.25, 0.3) is 5.91 Å². The molecule has 1 aromatic carbocycles. The lowest BCUT2D eigenvalue weighted by Gasteiger charge is -2.40. The lowest BCUT2D eigenvalue weighted by Crippen LogP contribution is -2.49. The molecule has 0 N–H and O–H groups in total. The van der Waals surface area contributed by atoms with Crippen molar-refractivity contribution in [1.82, 2.24) is 9.80 Å². The Hall–Kier alpha value is -0.690. The molecule has 0 spiro atoms. The zero-order valence-electron chi connectivity index (χ0n) is 12.1. The molecule has 1 fully saturated rings. The summed E-state index contributed by atoms with van der Waals surface area (Å²) in [5.41, 5.74) is 1.19. The lowest BCUT2D eigenvalue weighted by atomic mass is 10.0. The smallest absolute Gasteiger partial charge is 0.264 e. The number of nitrogens with zero attached hydrogens (tertiary/aromatic N) is 2.